The molecule has 0 radical (unpaired) electrons. The highest BCUT2D eigenvalue weighted by molar-refractivity contribution is 5.33. The molecule has 1 fully saturated rings. The Morgan fingerprint density at radius 2 is 2.37 bits per heavy atom. The maximum atomic E-state index is 11.4. The van der Waals surface area contributed by atoms with E-state index in [1.165, 1.54) is 12.1 Å². The SMILES string of the molecule is [2H]C([2H])([2H])Oc1cccc([C@]2(O)CCCC[C@@H]2CN(C([2H])([2H])[2H])C([2H])([2H])[2H])c1. The van der Waals surface area contributed by atoms with Crippen LogP contribution in [0.25, 0.3) is 0 Å². The highest BCUT2D eigenvalue weighted by Gasteiger charge is 2.40. The molecule has 0 aliphatic heterocycles. The van der Waals surface area contributed by atoms with Crippen LogP contribution in [0.1, 0.15) is 43.6 Å². The van der Waals surface area contributed by atoms with Crippen molar-refractivity contribution >= 4 is 0 Å². The summed E-state index contributed by atoms with van der Waals surface area (Å²) in [5.74, 6) is -0.594. The number of hydrogen-bond donors (Lipinski definition) is 1. The van der Waals surface area contributed by atoms with Gasteiger partial charge in [0, 0.05) is 20.7 Å². The summed E-state index contributed by atoms with van der Waals surface area (Å²) < 4.78 is 71.9. The molecule has 1 N–H and O–H groups in total. The average Bonchev–Trinajstić information content (AvgIpc) is 2.50. The monoisotopic (exact) mass is 272 g/mol. The molecule has 0 aromatic heterocycles. The average molecular weight is 272 g/mol. The topological polar surface area (TPSA) is 32.7 Å². The highest BCUT2D eigenvalue weighted by Crippen LogP contribution is 2.42. The van der Waals surface area contributed by atoms with Gasteiger partial charge in [0.2, 0.25) is 0 Å². The van der Waals surface area contributed by atoms with E-state index in [2.05, 4.69) is 0 Å². The summed E-state index contributed by atoms with van der Waals surface area (Å²) in [6, 6.07) is 6.03. The van der Waals surface area contributed by atoms with Crippen LogP contribution in [-0.4, -0.2) is 37.5 Å². The van der Waals surface area contributed by atoms with Crippen LogP contribution in [0.15, 0.2) is 24.3 Å². The summed E-state index contributed by atoms with van der Waals surface area (Å²) >= 11 is 0. The third-order valence-electron chi connectivity index (χ3n) is 3.89. The molecular weight excluding hydrogens is 238 g/mol. The van der Waals surface area contributed by atoms with E-state index in [4.69, 9.17) is 17.1 Å². The summed E-state index contributed by atoms with van der Waals surface area (Å²) in [4.78, 5) is 0.462. The molecule has 19 heavy (non-hydrogen) atoms. The molecule has 2 atom stereocenters. The predicted molar refractivity (Wildman–Crippen MR) is 77.4 cm³/mol. The summed E-state index contributed by atoms with van der Waals surface area (Å²) in [6.45, 7) is -6.01. The first-order chi connectivity index (χ1) is 12.6. The maximum absolute atomic E-state index is 11.4. The molecule has 1 aromatic carbocycles. The van der Waals surface area contributed by atoms with Crippen LogP contribution >= 0.6 is 0 Å². The molecule has 2 rings (SSSR count). The fraction of sp³-hybridized carbons (Fsp3) is 0.625. The van der Waals surface area contributed by atoms with Crippen LogP contribution in [0, 0.1) is 5.92 Å². The zero-order valence-corrected chi connectivity index (χ0v) is 10.7. The van der Waals surface area contributed by atoms with Crippen molar-refractivity contribution in [3.63, 3.8) is 0 Å². The number of rotatable bonds is 4. The second-order valence-corrected chi connectivity index (χ2v) is 5.11. The third-order valence-corrected chi connectivity index (χ3v) is 3.89. The molecule has 1 aliphatic carbocycles. The van der Waals surface area contributed by atoms with Gasteiger partial charge in [-0.3, -0.25) is 0 Å². The molecule has 3 nitrogen and oxygen atoms in total. The van der Waals surface area contributed by atoms with Gasteiger partial charge in [0.25, 0.3) is 0 Å². The fourth-order valence-corrected chi connectivity index (χ4v) is 2.90. The summed E-state index contributed by atoms with van der Waals surface area (Å²) in [5, 5.41) is 11.4. The second-order valence-electron chi connectivity index (χ2n) is 5.11. The van der Waals surface area contributed by atoms with Crippen molar-refractivity contribution in [2.75, 3.05) is 27.5 Å². The van der Waals surface area contributed by atoms with Gasteiger partial charge in [-0.05, 0) is 44.5 Å². The van der Waals surface area contributed by atoms with Crippen LogP contribution in [0.2, 0.25) is 0 Å². The van der Waals surface area contributed by atoms with Crippen molar-refractivity contribution < 1.29 is 22.2 Å². The van der Waals surface area contributed by atoms with E-state index in [1.54, 1.807) is 12.1 Å². The zero-order valence-electron chi connectivity index (χ0n) is 19.7. The largest absolute Gasteiger partial charge is 0.497 e. The minimum atomic E-state index is -2.84. The minimum Gasteiger partial charge on any atom is -0.497 e. The molecule has 1 aromatic rings. The van der Waals surface area contributed by atoms with Crippen LogP contribution in [0.3, 0.4) is 0 Å². The van der Waals surface area contributed by atoms with Crippen LogP contribution in [-0.2, 0) is 5.60 Å². The molecule has 0 bridgehead atoms. The number of hydrogen-bond acceptors (Lipinski definition) is 3. The smallest absolute Gasteiger partial charge is 0.119 e. The quantitative estimate of drug-likeness (QED) is 0.914. The Morgan fingerprint density at radius 3 is 3.16 bits per heavy atom. The van der Waals surface area contributed by atoms with Crippen molar-refractivity contribution in [2.45, 2.75) is 31.3 Å². The molecule has 1 aliphatic rings. The lowest BCUT2D eigenvalue weighted by molar-refractivity contribution is -0.0619. The molecule has 0 heterocycles. The first-order valence-corrected chi connectivity index (χ1v) is 6.43. The predicted octanol–water partition coefficient (Wildman–Crippen LogP) is 2.63. The Labute approximate surface area is 128 Å². The van der Waals surface area contributed by atoms with Gasteiger partial charge in [0.15, 0.2) is 0 Å². The van der Waals surface area contributed by atoms with Gasteiger partial charge < -0.3 is 14.7 Å². The van der Waals surface area contributed by atoms with Crippen molar-refractivity contribution in [2.24, 2.45) is 5.92 Å². The zero-order chi connectivity index (χ0) is 21.4. The molecule has 3 heteroatoms. The van der Waals surface area contributed by atoms with Crippen LogP contribution in [0.5, 0.6) is 5.75 Å². The first kappa shape index (κ1) is 6.59. The third kappa shape index (κ3) is 3.10. The molecule has 1 saturated carbocycles. The van der Waals surface area contributed by atoms with E-state index >= 15 is 0 Å². The molecular formula is C16H25NO2. The number of benzene rings is 1. The number of aliphatic hydroxyl groups is 1. The molecule has 0 unspecified atom stereocenters. The Hall–Kier alpha value is -1.06. The molecule has 0 spiro atoms. The van der Waals surface area contributed by atoms with Crippen molar-refractivity contribution in [1.82, 2.24) is 4.90 Å². The summed E-state index contributed by atoms with van der Waals surface area (Å²) in [6.07, 6.45) is 2.17. The Balaban J connectivity index is 2.36. The van der Waals surface area contributed by atoms with Crippen molar-refractivity contribution in [3.8, 4) is 5.75 Å². The van der Waals surface area contributed by atoms with E-state index in [9.17, 15) is 5.11 Å². The fourth-order valence-electron chi connectivity index (χ4n) is 2.90. The normalized spacial score (nSPS) is 36.5. The number of ether oxygens (including phenoxy) is 1. The number of nitrogens with zero attached hydrogens (tertiary/aromatic N) is 1. The Morgan fingerprint density at radius 1 is 1.47 bits per heavy atom. The standard InChI is InChI=1S/C16H25NO2/c1-17(2)12-14-7-4-5-10-16(14,18)13-8-6-9-15(11-13)19-3/h6,8-9,11,14,18H,4-5,7,10,12H2,1-3H3/t14-,16-/m1/s1/i1D3,2D3,3D3. The van der Waals surface area contributed by atoms with E-state index in [0.717, 1.165) is 6.42 Å². The maximum Gasteiger partial charge on any atom is 0.119 e. The van der Waals surface area contributed by atoms with Crippen molar-refractivity contribution in [1.29, 1.82) is 0 Å². The molecule has 0 saturated heterocycles. The number of methoxy groups -OCH3 is 1. The highest BCUT2D eigenvalue weighted by atomic mass is 16.5. The Kier molecular flexibility index (Phi) is 2.06. The van der Waals surface area contributed by atoms with Gasteiger partial charge in [-0.2, -0.15) is 0 Å². The molecule has 0 amide bonds. The lowest BCUT2D eigenvalue weighted by atomic mass is 9.71. The van der Waals surface area contributed by atoms with Gasteiger partial charge in [0.05, 0.1) is 16.8 Å². The van der Waals surface area contributed by atoms with E-state index in [0.29, 0.717) is 29.7 Å². The van der Waals surface area contributed by atoms with E-state index in [-0.39, 0.29) is 12.3 Å². The summed E-state index contributed by atoms with van der Waals surface area (Å²) in [5.41, 5.74) is -1.10. The van der Waals surface area contributed by atoms with Crippen molar-refractivity contribution in [3.05, 3.63) is 29.8 Å². The molecule has 106 valence electrons. The van der Waals surface area contributed by atoms with Gasteiger partial charge in [-0.25, -0.2) is 0 Å². The minimum absolute atomic E-state index is 0.0544. The van der Waals surface area contributed by atoms with Gasteiger partial charge in [-0.1, -0.05) is 25.0 Å². The van der Waals surface area contributed by atoms with Gasteiger partial charge in [-0.15, -0.1) is 0 Å². The van der Waals surface area contributed by atoms with E-state index in [1.807, 2.05) is 0 Å². The lowest BCUT2D eigenvalue weighted by Gasteiger charge is -2.41. The second kappa shape index (κ2) is 5.93. The van der Waals surface area contributed by atoms with Gasteiger partial charge in [0.1, 0.15) is 5.75 Å². The first-order valence-electron chi connectivity index (χ1n) is 10.9. The van der Waals surface area contributed by atoms with E-state index < -0.39 is 32.5 Å². The van der Waals surface area contributed by atoms with Gasteiger partial charge >= 0.3 is 0 Å². The summed E-state index contributed by atoms with van der Waals surface area (Å²) in [7, 11) is -2.65. The van der Waals surface area contributed by atoms with Crippen LogP contribution < -0.4 is 4.74 Å². The van der Waals surface area contributed by atoms with Crippen LogP contribution in [0.4, 0.5) is 0 Å². The lowest BCUT2D eigenvalue weighted by Crippen LogP contribution is -2.43. The Bertz CT molecular complexity index is 657.